The zero-order valence-corrected chi connectivity index (χ0v) is 10.9. The lowest BCUT2D eigenvalue weighted by Crippen LogP contribution is -2.27. The SMILES string of the molecule is CNC(CCc1ccccn1)Cc1cccs1. The van der Waals surface area contributed by atoms with Gasteiger partial charge in [0.1, 0.15) is 0 Å². The number of nitrogens with one attached hydrogen (secondary N) is 1. The minimum atomic E-state index is 0.538. The molecule has 1 unspecified atom stereocenters. The van der Waals surface area contributed by atoms with E-state index in [0.717, 1.165) is 19.3 Å². The van der Waals surface area contributed by atoms with Crippen LogP contribution in [0.2, 0.25) is 0 Å². The molecule has 0 radical (unpaired) electrons. The van der Waals surface area contributed by atoms with E-state index in [1.165, 1.54) is 10.6 Å². The molecular formula is C14H18N2S. The van der Waals surface area contributed by atoms with Crippen LogP contribution in [0.4, 0.5) is 0 Å². The predicted molar refractivity (Wildman–Crippen MR) is 73.4 cm³/mol. The lowest BCUT2D eigenvalue weighted by molar-refractivity contribution is 0.520. The predicted octanol–water partition coefficient (Wildman–Crippen LogP) is 2.91. The fourth-order valence-corrected chi connectivity index (χ4v) is 2.67. The number of rotatable bonds is 6. The van der Waals surface area contributed by atoms with Crippen LogP contribution >= 0.6 is 11.3 Å². The summed E-state index contributed by atoms with van der Waals surface area (Å²) in [6.07, 6.45) is 5.15. The third-order valence-corrected chi connectivity index (χ3v) is 3.81. The van der Waals surface area contributed by atoms with Crippen LogP contribution in [0.15, 0.2) is 41.9 Å². The zero-order chi connectivity index (χ0) is 11.9. The van der Waals surface area contributed by atoms with Gasteiger partial charge in [-0.1, -0.05) is 12.1 Å². The van der Waals surface area contributed by atoms with E-state index < -0.39 is 0 Å². The highest BCUT2D eigenvalue weighted by Gasteiger charge is 2.08. The van der Waals surface area contributed by atoms with Crippen molar-refractivity contribution < 1.29 is 0 Å². The van der Waals surface area contributed by atoms with Crippen LogP contribution in [0.1, 0.15) is 17.0 Å². The number of likely N-dealkylation sites (N-methyl/N-ethyl adjacent to an activating group) is 1. The fraction of sp³-hybridized carbons (Fsp3) is 0.357. The Morgan fingerprint density at radius 1 is 1.29 bits per heavy atom. The average Bonchev–Trinajstić information content (AvgIpc) is 2.88. The zero-order valence-electron chi connectivity index (χ0n) is 10.1. The Balaban J connectivity index is 1.84. The maximum atomic E-state index is 4.36. The number of thiophene rings is 1. The van der Waals surface area contributed by atoms with Gasteiger partial charge in [0.15, 0.2) is 0 Å². The largest absolute Gasteiger partial charge is 0.317 e. The number of hydrogen-bond acceptors (Lipinski definition) is 3. The molecule has 0 aliphatic rings. The van der Waals surface area contributed by atoms with Crippen molar-refractivity contribution in [3.8, 4) is 0 Å². The van der Waals surface area contributed by atoms with Crippen LogP contribution < -0.4 is 5.32 Å². The lowest BCUT2D eigenvalue weighted by atomic mass is 10.1. The summed E-state index contributed by atoms with van der Waals surface area (Å²) in [6.45, 7) is 0. The minimum Gasteiger partial charge on any atom is -0.317 e. The van der Waals surface area contributed by atoms with Crippen LogP contribution in [0.25, 0.3) is 0 Å². The van der Waals surface area contributed by atoms with E-state index >= 15 is 0 Å². The summed E-state index contributed by atoms with van der Waals surface area (Å²) in [5.41, 5.74) is 1.18. The topological polar surface area (TPSA) is 24.9 Å². The molecule has 2 rings (SSSR count). The number of hydrogen-bond donors (Lipinski definition) is 1. The average molecular weight is 246 g/mol. The Bertz CT molecular complexity index is 411. The van der Waals surface area contributed by atoms with Gasteiger partial charge in [-0.25, -0.2) is 0 Å². The van der Waals surface area contributed by atoms with E-state index in [0.29, 0.717) is 6.04 Å². The fourth-order valence-electron chi connectivity index (χ4n) is 1.89. The number of aryl methyl sites for hydroxylation is 1. The van der Waals surface area contributed by atoms with Crippen molar-refractivity contribution in [2.24, 2.45) is 0 Å². The summed E-state index contributed by atoms with van der Waals surface area (Å²) >= 11 is 1.83. The van der Waals surface area contributed by atoms with E-state index in [1.807, 2.05) is 30.6 Å². The second-order valence-corrected chi connectivity index (χ2v) is 5.16. The summed E-state index contributed by atoms with van der Waals surface area (Å²) in [4.78, 5) is 5.81. The molecule has 0 saturated carbocycles. The highest BCUT2D eigenvalue weighted by Crippen LogP contribution is 2.13. The maximum absolute atomic E-state index is 4.36. The van der Waals surface area contributed by atoms with Crippen molar-refractivity contribution in [2.45, 2.75) is 25.3 Å². The van der Waals surface area contributed by atoms with E-state index in [-0.39, 0.29) is 0 Å². The molecule has 0 spiro atoms. The first-order chi connectivity index (χ1) is 8.38. The van der Waals surface area contributed by atoms with Crippen LogP contribution in [0.5, 0.6) is 0 Å². The van der Waals surface area contributed by atoms with Gasteiger partial charge in [-0.15, -0.1) is 11.3 Å². The van der Waals surface area contributed by atoms with E-state index in [1.54, 1.807) is 0 Å². The molecule has 0 aromatic carbocycles. The first kappa shape index (κ1) is 12.3. The standard InChI is InChI=1S/C14H18N2S/c1-15-13(11-14-6-4-10-17-14)8-7-12-5-2-3-9-16-12/h2-6,9-10,13,15H,7-8,11H2,1H3. The third kappa shape index (κ3) is 3.95. The van der Waals surface area contributed by atoms with Gasteiger partial charge in [0.25, 0.3) is 0 Å². The number of aromatic nitrogens is 1. The van der Waals surface area contributed by atoms with Gasteiger partial charge in [0.2, 0.25) is 0 Å². The molecule has 2 aromatic rings. The monoisotopic (exact) mass is 246 g/mol. The van der Waals surface area contributed by atoms with Gasteiger partial charge in [-0.3, -0.25) is 4.98 Å². The summed E-state index contributed by atoms with van der Waals surface area (Å²) in [5, 5.41) is 5.53. The summed E-state index contributed by atoms with van der Waals surface area (Å²) in [5.74, 6) is 0. The van der Waals surface area contributed by atoms with Crippen molar-refractivity contribution in [3.05, 3.63) is 52.5 Å². The molecule has 2 heterocycles. The van der Waals surface area contributed by atoms with Crippen molar-refractivity contribution in [2.75, 3.05) is 7.05 Å². The molecule has 1 atom stereocenters. The van der Waals surface area contributed by atoms with Gasteiger partial charge in [-0.05, 0) is 49.9 Å². The Hall–Kier alpha value is -1.19. The molecule has 90 valence electrons. The van der Waals surface area contributed by atoms with Crippen molar-refractivity contribution in [1.82, 2.24) is 10.3 Å². The first-order valence-corrected chi connectivity index (χ1v) is 6.86. The lowest BCUT2D eigenvalue weighted by Gasteiger charge is -2.14. The van der Waals surface area contributed by atoms with Crippen LogP contribution in [-0.2, 0) is 12.8 Å². The van der Waals surface area contributed by atoms with Crippen molar-refractivity contribution >= 4 is 11.3 Å². The molecule has 0 amide bonds. The Labute approximate surface area is 107 Å². The highest BCUT2D eigenvalue weighted by molar-refractivity contribution is 7.09. The quantitative estimate of drug-likeness (QED) is 0.847. The summed E-state index contributed by atoms with van der Waals surface area (Å²) in [7, 11) is 2.04. The molecule has 1 N–H and O–H groups in total. The summed E-state index contributed by atoms with van der Waals surface area (Å²) < 4.78 is 0. The normalized spacial score (nSPS) is 12.5. The molecule has 17 heavy (non-hydrogen) atoms. The first-order valence-electron chi connectivity index (χ1n) is 5.98. The Morgan fingerprint density at radius 3 is 2.88 bits per heavy atom. The molecule has 2 aromatic heterocycles. The van der Waals surface area contributed by atoms with Crippen LogP contribution in [-0.4, -0.2) is 18.1 Å². The Kier molecular flexibility index (Phi) is 4.71. The van der Waals surface area contributed by atoms with E-state index in [9.17, 15) is 0 Å². The second-order valence-electron chi connectivity index (χ2n) is 4.13. The number of pyridine rings is 1. The van der Waals surface area contributed by atoms with Gasteiger partial charge in [-0.2, -0.15) is 0 Å². The van der Waals surface area contributed by atoms with Crippen molar-refractivity contribution in [3.63, 3.8) is 0 Å². The molecule has 0 saturated heterocycles. The molecule has 0 aliphatic heterocycles. The van der Waals surface area contributed by atoms with E-state index in [2.05, 4.69) is 39.9 Å². The van der Waals surface area contributed by atoms with Crippen LogP contribution in [0, 0.1) is 0 Å². The van der Waals surface area contributed by atoms with Crippen LogP contribution in [0.3, 0.4) is 0 Å². The molecule has 0 bridgehead atoms. The molecule has 3 heteroatoms. The van der Waals surface area contributed by atoms with E-state index in [4.69, 9.17) is 0 Å². The molecule has 2 nitrogen and oxygen atoms in total. The van der Waals surface area contributed by atoms with Gasteiger partial charge in [0, 0.05) is 22.8 Å². The maximum Gasteiger partial charge on any atom is 0.0404 e. The molecule has 0 fully saturated rings. The highest BCUT2D eigenvalue weighted by atomic mass is 32.1. The van der Waals surface area contributed by atoms with Gasteiger partial charge >= 0.3 is 0 Å². The smallest absolute Gasteiger partial charge is 0.0404 e. The third-order valence-electron chi connectivity index (χ3n) is 2.91. The Morgan fingerprint density at radius 2 is 2.24 bits per heavy atom. The van der Waals surface area contributed by atoms with Gasteiger partial charge in [0.05, 0.1) is 0 Å². The van der Waals surface area contributed by atoms with Gasteiger partial charge < -0.3 is 5.32 Å². The summed E-state index contributed by atoms with van der Waals surface area (Å²) in [6, 6.07) is 11.0. The minimum absolute atomic E-state index is 0.538. The number of nitrogens with zero attached hydrogens (tertiary/aromatic N) is 1. The second kappa shape index (κ2) is 6.52. The molecular weight excluding hydrogens is 228 g/mol. The van der Waals surface area contributed by atoms with Crippen molar-refractivity contribution in [1.29, 1.82) is 0 Å². The molecule has 0 aliphatic carbocycles.